The Hall–Kier alpha value is -1.20. The zero-order valence-electron chi connectivity index (χ0n) is 9.42. The second-order valence-electron chi connectivity index (χ2n) is 3.17. The molecule has 0 radical (unpaired) electrons. The van der Waals surface area contributed by atoms with Crippen LogP contribution in [0.4, 0.5) is 0 Å². The molecular formula is C12H12N2OS2. The second kappa shape index (κ2) is 5.93. The summed E-state index contributed by atoms with van der Waals surface area (Å²) in [6, 6.07) is 8.00. The molecule has 17 heavy (non-hydrogen) atoms. The summed E-state index contributed by atoms with van der Waals surface area (Å²) in [5.41, 5.74) is 0.984. The molecule has 1 aromatic carbocycles. The van der Waals surface area contributed by atoms with E-state index < -0.39 is 0 Å². The minimum atomic E-state index is 0.571. The van der Waals surface area contributed by atoms with Crippen LogP contribution in [0.3, 0.4) is 0 Å². The fraction of sp³-hybridized carbons (Fsp3) is 0.167. The van der Waals surface area contributed by atoms with Crippen molar-refractivity contribution in [3.8, 4) is 11.5 Å². The molecule has 1 heterocycles. The molecule has 0 aliphatic heterocycles. The van der Waals surface area contributed by atoms with Crippen molar-refractivity contribution in [2.45, 2.75) is 10.1 Å². The summed E-state index contributed by atoms with van der Waals surface area (Å²) in [7, 11) is 0. The molecular weight excluding hydrogens is 252 g/mol. The third-order valence-electron chi connectivity index (χ3n) is 2.07. The van der Waals surface area contributed by atoms with Crippen molar-refractivity contribution >= 4 is 23.5 Å². The quantitative estimate of drug-likeness (QED) is 0.607. The van der Waals surface area contributed by atoms with Crippen LogP contribution in [0.2, 0.25) is 0 Å². The molecule has 88 valence electrons. The first-order valence-corrected chi connectivity index (χ1v) is 7.26. The summed E-state index contributed by atoms with van der Waals surface area (Å²) in [4.78, 5) is 1.14. The number of hydrogen-bond donors (Lipinski definition) is 0. The zero-order valence-corrected chi connectivity index (χ0v) is 11.1. The highest BCUT2D eigenvalue weighted by molar-refractivity contribution is 7.99. The standard InChI is InChI=1S/C12H12N2OS2/c1-3-8-17-12-14-13-11(15-12)9-6-4-5-7-10(9)16-2/h3-7H,1,8H2,2H3. The van der Waals surface area contributed by atoms with Crippen molar-refractivity contribution in [2.75, 3.05) is 12.0 Å². The van der Waals surface area contributed by atoms with Crippen LogP contribution in [-0.4, -0.2) is 22.2 Å². The lowest BCUT2D eigenvalue weighted by Crippen LogP contribution is -1.81. The lowest BCUT2D eigenvalue weighted by Gasteiger charge is -2.01. The Morgan fingerprint density at radius 3 is 2.94 bits per heavy atom. The minimum absolute atomic E-state index is 0.571. The molecule has 0 saturated heterocycles. The normalized spacial score (nSPS) is 10.4. The van der Waals surface area contributed by atoms with Crippen LogP contribution in [-0.2, 0) is 0 Å². The average molecular weight is 264 g/mol. The predicted octanol–water partition coefficient (Wildman–Crippen LogP) is 3.74. The molecule has 0 bridgehead atoms. The molecule has 2 aromatic rings. The Morgan fingerprint density at radius 1 is 1.35 bits per heavy atom. The Morgan fingerprint density at radius 2 is 2.18 bits per heavy atom. The SMILES string of the molecule is C=CCSc1nnc(-c2ccccc2SC)o1. The zero-order chi connectivity index (χ0) is 12.1. The van der Waals surface area contributed by atoms with Crippen LogP contribution >= 0.6 is 23.5 Å². The molecule has 0 aliphatic rings. The first-order valence-electron chi connectivity index (χ1n) is 5.05. The molecule has 0 atom stereocenters. The fourth-order valence-electron chi connectivity index (χ4n) is 1.33. The number of rotatable bonds is 5. The van der Waals surface area contributed by atoms with Gasteiger partial charge in [-0.15, -0.1) is 28.5 Å². The van der Waals surface area contributed by atoms with Crippen molar-refractivity contribution in [2.24, 2.45) is 0 Å². The molecule has 0 aliphatic carbocycles. The third-order valence-corrected chi connectivity index (χ3v) is 3.68. The molecule has 3 nitrogen and oxygen atoms in total. The fourth-order valence-corrected chi connectivity index (χ4v) is 2.42. The van der Waals surface area contributed by atoms with Gasteiger partial charge in [0.2, 0.25) is 5.89 Å². The van der Waals surface area contributed by atoms with E-state index in [0.29, 0.717) is 11.1 Å². The number of benzene rings is 1. The number of aromatic nitrogens is 2. The van der Waals surface area contributed by atoms with Gasteiger partial charge in [0.15, 0.2) is 0 Å². The molecule has 0 spiro atoms. The number of thioether (sulfide) groups is 2. The molecule has 2 rings (SSSR count). The monoisotopic (exact) mass is 264 g/mol. The van der Waals surface area contributed by atoms with Gasteiger partial charge in [-0.3, -0.25) is 0 Å². The Bertz CT molecular complexity index is 511. The van der Waals surface area contributed by atoms with Crippen LogP contribution in [0.5, 0.6) is 0 Å². The van der Waals surface area contributed by atoms with Gasteiger partial charge in [-0.25, -0.2) is 0 Å². The van der Waals surface area contributed by atoms with E-state index in [1.54, 1.807) is 11.8 Å². The summed E-state index contributed by atoms with van der Waals surface area (Å²) < 4.78 is 5.59. The van der Waals surface area contributed by atoms with Gasteiger partial charge >= 0.3 is 0 Å². The molecule has 0 fully saturated rings. The predicted molar refractivity (Wildman–Crippen MR) is 72.4 cm³/mol. The van der Waals surface area contributed by atoms with Gasteiger partial charge < -0.3 is 4.42 Å². The summed E-state index contributed by atoms with van der Waals surface area (Å²) in [6.07, 6.45) is 3.84. The lowest BCUT2D eigenvalue weighted by atomic mass is 10.2. The summed E-state index contributed by atoms with van der Waals surface area (Å²) in [5, 5.41) is 8.64. The molecule has 0 N–H and O–H groups in total. The van der Waals surface area contributed by atoms with Crippen LogP contribution in [0.25, 0.3) is 11.5 Å². The van der Waals surface area contributed by atoms with Crippen molar-refractivity contribution in [1.29, 1.82) is 0 Å². The van der Waals surface area contributed by atoms with E-state index in [1.807, 2.05) is 36.6 Å². The highest BCUT2D eigenvalue weighted by Gasteiger charge is 2.11. The number of hydrogen-bond acceptors (Lipinski definition) is 5. The second-order valence-corrected chi connectivity index (χ2v) is 4.99. The van der Waals surface area contributed by atoms with Gasteiger partial charge in [-0.1, -0.05) is 30.0 Å². The van der Waals surface area contributed by atoms with Crippen LogP contribution < -0.4 is 0 Å². The van der Waals surface area contributed by atoms with Crippen molar-refractivity contribution in [1.82, 2.24) is 10.2 Å². The Labute approximate surface area is 109 Å². The topological polar surface area (TPSA) is 38.9 Å². The maximum Gasteiger partial charge on any atom is 0.277 e. The summed E-state index contributed by atoms with van der Waals surface area (Å²) in [5.74, 6) is 1.34. The molecule has 1 aromatic heterocycles. The van der Waals surface area contributed by atoms with Crippen LogP contribution in [0.1, 0.15) is 0 Å². The van der Waals surface area contributed by atoms with E-state index in [0.717, 1.165) is 16.2 Å². The van der Waals surface area contributed by atoms with E-state index >= 15 is 0 Å². The summed E-state index contributed by atoms with van der Waals surface area (Å²) >= 11 is 3.15. The molecule has 0 unspecified atom stereocenters. The van der Waals surface area contributed by atoms with E-state index in [1.165, 1.54) is 11.8 Å². The maximum absolute atomic E-state index is 5.59. The minimum Gasteiger partial charge on any atom is -0.411 e. The molecule has 0 amide bonds. The van der Waals surface area contributed by atoms with E-state index in [4.69, 9.17) is 4.42 Å². The van der Waals surface area contributed by atoms with Gasteiger partial charge in [0, 0.05) is 10.6 Å². The van der Waals surface area contributed by atoms with E-state index in [9.17, 15) is 0 Å². The average Bonchev–Trinajstić information content (AvgIpc) is 2.85. The lowest BCUT2D eigenvalue weighted by molar-refractivity contribution is 0.465. The highest BCUT2D eigenvalue weighted by atomic mass is 32.2. The van der Waals surface area contributed by atoms with Gasteiger partial charge in [-0.2, -0.15) is 0 Å². The Kier molecular flexibility index (Phi) is 4.28. The number of nitrogens with zero attached hydrogens (tertiary/aromatic N) is 2. The first kappa shape index (κ1) is 12.3. The van der Waals surface area contributed by atoms with Gasteiger partial charge in [-0.05, 0) is 18.4 Å². The van der Waals surface area contributed by atoms with E-state index in [-0.39, 0.29) is 0 Å². The van der Waals surface area contributed by atoms with E-state index in [2.05, 4.69) is 16.8 Å². The molecule has 0 saturated carbocycles. The van der Waals surface area contributed by atoms with Crippen LogP contribution in [0, 0.1) is 0 Å². The van der Waals surface area contributed by atoms with Crippen molar-refractivity contribution in [3.63, 3.8) is 0 Å². The smallest absolute Gasteiger partial charge is 0.277 e. The third kappa shape index (κ3) is 2.92. The van der Waals surface area contributed by atoms with Crippen molar-refractivity contribution < 1.29 is 4.42 Å². The van der Waals surface area contributed by atoms with Gasteiger partial charge in [0.25, 0.3) is 5.22 Å². The first-order chi connectivity index (χ1) is 8.35. The Balaban J connectivity index is 2.27. The van der Waals surface area contributed by atoms with Crippen molar-refractivity contribution in [3.05, 3.63) is 36.9 Å². The van der Waals surface area contributed by atoms with Gasteiger partial charge in [0.05, 0.1) is 5.56 Å². The van der Waals surface area contributed by atoms with Gasteiger partial charge in [0.1, 0.15) is 0 Å². The summed E-state index contributed by atoms with van der Waals surface area (Å²) in [6.45, 7) is 3.65. The largest absolute Gasteiger partial charge is 0.411 e. The van der Waals surface area contributed by atoms with Crippen LogP contribution in [0.15, 0.2) is 51.5 Å². The highest BCUT2D eigenvalue weighted by Crippen LogP contribution is 2.30. The molecule has 5 heteroatoms. The maximum atomic E-state index is 5.59.